The predicted octanol–water partition coefficient (Wildman–Crippen LogP) is 2.33. The van der Waals surface area contributed by atoms with Crippen molar-refractivity contribution in [1.29, 1.82) is 0 Å². The fourth-order valence-electron chi connectivity index (χ4n) is 2.92. The molecular formula is C17H13N3O2. The van der Waals surface area contributed by atoms with Crippen LogP contribution >= 0.6 is 0 Å². The van der Waals surface area contributed by atoms with Crippen LogP contribution < -0.4 is 0 Å². The van der Waals surface area contributed by atoms with E-state index in [-0.39, 0.29) is 11.8 Å². The highest BCUT2D eigenvalue weighted by Gasteiger charge is 2.32. The zero-order valence-corrected chi connectivity index (χ0v) is 11.8. The van der Waals surface area contributed by atoms with Gasteiger partial charge in [-0.05, 0) is 17.5 Å². The van der Waals surface area contributed by atoms with Crippen molar-refractivity contribution in [2.45, 2.75) is 6.54 Å². The molecule has 0 saturated carbocycles. The van der Waals surface area contributed by atoms with Gasteiger partial charge >= 0.3 is 0 Å². The number of benzene rings is 2. The van der Waals surface area contributed by atoms with Crippen molar-refractivity contribution in [3.63, 3.8) is 0 Å². The number of hydrogen-bond donors (Lipinski definition) is 0. The molecule has 0 N–H and O–H groups in total. The average molecular weight is 291 g/mol. The van der Waals surface area contributed by atoms with Crippen LogP contribution in [0.15, 0.2) is 55.1 Å². The minimum atomic E-state index is -0.227. The van der Waals surface area contributed by atoms with Gasteiger partial charge in [-0.1, -0.05) is 24.3 Å². The van der Waals surface area contributed by atoms with Crippen molar-refractivity contribution in [3.8, 4) is 0 Å². The lowest BCUT2D eigenvalue weighted by Gasteiger charge is -2.27. The second-order valence-electron chi connectivity index (χ2n) is 5.27. The number of hydrogen-bond acceptors (Lipinski definition) is 3. The molecule has 108 valence electrons. The standard InChI is InChI=1S/C17H13N3O2/c21-16-13-5-1-3-12-4-2-6-14(15(12)13)17(22)20(16)10-9-19-8-7-18-11-19/h1-8,11H,9-10H2. The van der Waals surface area contributed by atoms with Gasteiger partial charge in [0.25, 0.3) is 11.8 Å². The van der Waals surface area contributed by atoms with E-state index in [1.54, 1.807) is 24.7 Å². The van der Waals surface area contributed by atoms with E-state index in [1.165, 1.54) is 4.90 Å². The third-order valence-corrected chi connectivity index (χ3v) is 4.00. The van der Waals surface area contributed by atoms with Gasteiger partial charge in [0.05, 0.1) is 6.33 Å². The van der Waals surface area contributed by atoms with Gasteiger partial charge in [-0.3, -0.25) is 14.5 Å². The Hall–Kier alpha value is -2.95. The summed E-state index contributed by atoms with van der Waals surface area (Å²) in [5, 5.41) is 1.69. The normalized spacial score (nSPS) is 13.9. The van der Waals surface area contributed by atoms with Gasteiger partial charge in [-0.25, -0.2) is 4.98 Å². The molecule has 3 aromatic rings. The number of amides is 2. The van der Waals surface area contributed by atoms with E-state index in [0.717, 1.165) is 10.8 Å². The predicted molar refractivity (Wildman–Crippen MR) is 81.5 cm³/mol. The average Bonchev–Trinajstić information content (AvgIpc) is 3.06. The zero-order chi connectivity index (χ0) is 15.1. The van der Waals surface area contributed by atoms with Crippen LogP contribution in [-0.2, 0) is 6.54 Å². The molecule has 5 heteroatoms. The molecule has 2 aromatic carbocycles. The van der Waals surface area contributed by atoms with Gasteiger partial charge in [0.2, 0.25) is 0 Å². The molecule has 2 amide bonds. The number of aromatic nitrogens is 2. The van der Waals surface area contributed by atoms with E-state index < -0.39 is 0 Å². The fourth-order valence-corrected chi connectivity index (χ4v) is 2.92. The monoisotopic (exact) mass is 291 g/mol. The van der Waals surface area contributed by atoms with Gasteiger partial charge in [0, 0.05) is 42.0 Å². The molecule has 0 atom stereocenters. The zero-order valence-electron chi connectivity index (χ0n) is 11.8. The lowest BCUT2D eigenvalue weighted by Crippen LogP contribution is -2.42. The first kappa shape index (κ1) is 12.8. The Labute approximate surface area is 126 Å². The van der Waals surface area contributed by atoms with Gasteiger partial charge < -0.3 is 4.57 Å². The van der Waals surface area contributed by atoms with Gasteiger partial charge in [0.15, 0.2) is 0 Å². The van der Waals surface area contributed by atoms with Crippen LogP contribution in [0.5, 0.6) is 0 Å². The van der Waals surface area contributed by atoms with Crippen molar-refractivity contribution < 1.29 is 9.59 Å². The van der Waals surface area contributed by atoms with E-state index >= 15 is 0 Å². The third kappa shape index (κ3) is 1.83. The maximum atomic E-state index is 12.7. The Morgan fingerprint density at radius 1 is 0.909 bits per heavy atom. The van der Waals surface area contributed by atoms with E-state index in [2.05, 4.69) is 4.98 Å². The van der Waals surface area contributed by atoms with Crippen LogP contribution in [0.25, 0.3) is 10.8 Å². The smallest absolute Gasteiger partial charge is 0.261 e. The lowest BCUT2D eigenvalue weighted by atomic mass is 9.94. The summed E-state index contributed by atoms with van der Waals surface area (Å²) in [6, 6.07) is 11.1. The van der Waals surface area contributed by atoms with Crippen LogP contribution in [-0.4, -0.2) is 32.8 Å². The Bertz CT molecular complexity index is 833. The highest BCUT2D eigenvalue weighted by molar-refractivity contribution is 6.25. The van der Waals surface area contributed by atoms with Gasteiger partial charge in [-0.15, -0.1) is 0 Å². The molecule has 0 bridgehead atoms. The van der Waals surface area contributed by atoms with Crippen LogP contribution in [0.4, 0.5) is 0 Å². The quantitative estimate of drug-likeness (QED) is 0.696. The number of imidazole rings is 1. The molecule has 0 aliphatic carbocycles. The van der Waals surface area contributed by atoms with Gasteiger partial charge in [0.1, 0.15) is 0 Å². The Morgan fingerprint density at radius 2 is 1.59 bits per heavy atom. The highest BCUT2D eigenvalue weighted by atomic mass is 16.2. The van der Waals surface area contributed by atoms with Gasteiger partial charge in [-0.2, -0.15) is 0 Å². The molecule has 0 spiro atoms. The summed E-state index contributed by atoms with van der Waals surface area (Å²) in [4.78, 5) is 30.6. The van der Waals surface area contributed by atoms with Crippen molar-refractivity contribution in [2.24, 2.45) is 0 Å². The van der Waals surface area contributed by atoms with Crippen LogP contribution in [0, 0.1) is 0 Å². The minimum absolute atomic E-state index is 0.227. The number of rotatable bonds is 3. The summed E-state index contributed by atoms with van der Waals surface area (Å²) >= 11 is 0. The maximum Gasteiger partial charge on any atom is 0.261 e. The van der Waals surface area contributed by atoms with Crippen molar-refractivity contribution in [2.75, 3.05) is 6.54 Å². The first-order valence-electron chi connectivity index (χ1n) is 7.09. The van der Waals surface area contributed by atoms with E-state index in [4.69, 9.17) is 0 Å². The van der Waals surface area contributed by atoms with Crippen LogP contribution in [0.3, 0.4) is 0 Å². The minimum Gasteiger partial charge on any atom is -0.336 e. The molecule has 5 nitrogen and oxygen atoms in total. The van der Waals surface area contributed by atoms with Crippen LogP contribution in [0.1, 0.15) is 20.7 Å². The molecule has 0 fully saturated rings. The molecule has 1 aromatic heterocycles. The van der Waals surface area contributed by atoms with E-state index in [1.807, 2.05) is 35.0 Å². The molecular weight excluding hydrogens is 278 g/mol. The second kappa shape index (κ2) is 4.80. The summed E-state index contributed by atoms with van der Waals surface area (Å²) < 4.78 is 1.85. The molecule has 22 heavy (non-hydrogen) atoms. The highest BCUT2D eigenvalue weighted by Crippen LogP contribution is 2.29. The summed E-state index contributed by atoms with van der Waals surface area (Å²) in [5.74, 6) is -0.455. The number of carbonyl (C=O) groups excluding carboxylic acids is 2. The third-order valence-electron chi connectivity index (χ3n) is 4.00. The summed E-state index contributed by atoms with van der Waals surface area (Å²) in [5.41, 5.74) is 1.19. The number of nitrogens with zero attached hydrogens (tertiary/aromatic N) is 3. The number of carbonyl (C=O) groups is 2. The van der Waals surface area contributed by atoms with Crippen LogP contribution in [0.2, 0.25) is 0 Å². The summed E-state index contributed by atoms with van der Waals surface area (Å²) in [6.45, 7) is 0.869. The van der Waals surface area contributed by atoms with E-state index in [0.29, 0.717) is 24.2 Å². The first-order chi connectivity index (χ1) is 10.8. The Kier molecular flexibility index (Phi) is 2.79. The Balaban J connectivity index is 1.75. The summed E-state index contributed by atoms with van der Waals surface area (Å²) in [6.07, 6.45) is 5.16. The van der Waals surface area contributed by atoms with Crippen molar-refractivity contribution in [1.82, 2.24) is 14.5 Å². The SMILES string of the molecule is O=C1c2cccc3cccc(c23)C(=O)N1CCn1ccnc1. The maximum absolute atomic E-state index is 12.7. The molecule has 1 aliphatic rings. The van der Waals surface area contributed by atoms with E-state index in [9.17, 15) is 9.59 Å². The molecule has 4 rings (SSSR count). The van der Waals surface area contributed by atoms with Crippen molar-refractivity contribution >= 4 is 22.6 Å². The lowest BCUT2D eigenvalue weighted by molar-refractivity contribution is 0.0605. The molecule has 1 aliphatic heterocycles. The number of imide groups is 1. The first-order valence-corrected chi connectivity index (χ1v) is 7.09. The molecule has 0 saturated heterocycles. The largest absolute Gasteiger partial charge is 0.336 e. The Morgan fingerprint density at radius 3 is 2.18 bits per heavy atom. The molecule has 0 unspecified atom stereocenters. The molecule has 0 radical (unpaired) electrons. The summed E-state index contributed by atoms with van der Waals surface area (Å²) in [7, 11) is 0. The van der Waals surface area contributed by atoms with Crippen molar-refractivity contribution in [3.05, 3.63) is 66.2 Å². The fraction of sp³-hybridized carbons (Fsp3) is 0.118. The second-order valence-corrected chi connectivity index (χ2v) is 5.27. The molecule has 2 heterocycles. The topological polar surface area (TPSA) is 55.2 Å².